The Kier molecular flexibility index (Phi) is 5.75. The number of nitro groups is 1. The standard InChI is InChI=1S/C13H19BrN2O2/c1-4-10(2)8-15(3)9-11-6-5-7-12(13(11)14)16(17)18/h5-7,10H,4,8-9H2,1-3H3. The fourth-order valence-electron chi connectivity index (χ4n) is 1.85. The van der Waals surface area contributed by atoms with Crippen LogP contribution in [0.5, 0.6) is 0 Å². The third-order valence-electron chi connectivity index (χ3n) is 3.02. The van der Waals surface area contributed by atoms with E-state index in [2.05, 4.69) is 34.7 Å². The number of benzene rings is 1. The molecule has 0 bridgehead atoms. The summed E-state index contributed by atoms with van der Waals surface area (Å²) in [6.07, 6.45) is 1.14. The van der Waals surface area contributed by atoms with Crippen molar-refractivity contribution in [2.75, 3.05) is 13.6 Å². The summed E-state index contributed by atoms with van der Waals surface area (Å²) in [6.45, 7) is 6.08. The molecule has 0 amide bonds. The van der Waals surface area contributed by atoms with E-state index in [0.29, 0.717) is 16.9 Å². The lowest BCUT2D eigenvalue weighted by atomic mass is 10.1. The maximum absolute atomic E-state index is 10.8. The molecule has 1 rings (SSSR count). The van der Waals surface area contributed by atoms with E-state index in [1.807, 2.05) is 13.1 Å². The molecule has 0 fully saturated rings. The minimum absolute atomic E-state index is 0.129. The largest absolute Gasteiger partial charge is 0.302 e. The Hall–Kier alpha value is -0.940. The Morgan fingerprint density at radius 1 is 1.50 bits per heavy atom. The van der Waals surface area contributed by atoms with Crippen LogP contribution in [-0.4, -0.2) is 23.4 Å². The van der Waals surface area contributed by atoms with Crippen molar-refractivity contribution in [1.82, 2.24) is 4.90 Å². The van der Waals surface area contributed by atoms with Crippen LogP contribution in [0.3, 0.4) is 0 Å². The smallest absolute Gasteiger partial charge is 0.283 e. The van der Waals surface area contributed by atoms with Crippen molar-refractivity contribution in [3.8, 4) is 0 Å². The number of nitrogens with zero attached hydrogens (tertiary/aromatic N) is 2. The van der Waals surface area contributed by atoms with Crippen LogP contribution < -0.4 is 0 Å². The second-order valence-electron chi connectivity index (χ2n) is 4.72. The molecule has 1 aromatic carbocycles. The molecule has 0 spiro atoms. The van der Waals surface area contributed by atoms with Gasteiger partial charge in [-0.15, -0.1) is 0 Å². The van der Waals surface area contributed by atoms with Crippen molar-refractivity contribution in [1.29, 1.82) is 0 Å². The van der Waals surface area contributed by atoms with Gasteiger partial charge >= 0.3 is 0 Å². The Balaban J connectivity index is 2.79. The second kappa shape index (κ2) is 6.85. The average Bonchev–Trinajstić information content (AvgIpc) is 2.31. The van der Waals surface area contributed by atoms with Crippen molar-refractivity contribution < 1.29 is 4.92 Å². The fraction of sp³-hybridized carbons (Fsp3) is 0.538. The number of hydrogen-bond acceptors (Lipinski definition) is 3. The molecule has 0 heterocycles. The van der Waals surface area contributed by atoms with Crippen LogP contribution in [0.2, 0.25) is 0 Å². The number of hydrogen-bond donors (Lipinski definition) is 0. The lowest BCUT2D eigenvalue weighted by Crippen LogP contribution is -2.23. The maximum atomic E-state index is 10.8. The van der Waals surface area contributed by atoms with Gasteiger partial charge in [-0.25, -0.2) is 0 Å². The SMILES string of the molecule is CCC(C)CN(C)Cc1cccc([N+](=O)[O-])c1Br. The molecule has 0 saturated heterocycles. The highest BCUT2D eigenvalue weighted by Gasteiger charge is 2.16. The van der Waals surface area contributed by atoms with Gasteiger partial charge < -0.3 is 4.90 Å². The van der Waals surface area contributed by atoms with Crippen LogP contribution in [0.15, 0.2) is 22.7 Å². The van der Waals surface area contributed by atoms with E-state index in [4.69, 9.17) is 0 Å². The summed E-state index contributed by atoms with van der Waals surface area (Å²) in [7, 11) is 2.04. The Morgan fingerprint density at radius 3 is 2.72 bits per heavy atom. The first kappa shape index (κ1) is 15.1. The molecule has 0 aliphatic carbocycles. The van der Waals surface area contributed by atoms with Gasteiger partial charge in [0.15, 0.2) is 0 Å². The van der Waals surface area contributed by atoms with E-state index in [9.17, 15) is 10.1 Å². The third kappa shape index (κ3) is 4.07. The van der Waals surface area contributed by atoms with E-state index in [0.717, 1.165) is 18.5 Å². The highest BCUT2D eigenvalue weighted by molar-refractivity contribution is 9.10. The van der Waals surface area contributed by atoms with Crippen LogP contribution >= 0.6 is 15.9 Å². The second-order valence-corrected chi connectivity index (χ2v) is 5.51. The molecule has 4 nitrogen and oxygen atoms in total. The summed E-state index contributed by atoms with van der Waals surface area (Å²) < 4.78 is 0.589. The van der Waals surface area contributed by atoms with E-state index in [-0.39, 0.29) is 10.6 Å². The molecule has 18 heavy (non-hydrogen) atoms. The van der Waals surface area contributed by atoms with Gasteiger partial charge in [0, 0.05) is 19.2 Å². The van der Waals surface area contributed by atoms with Gasteiger partial charge in [-0.1, -0.05) is 32.4 Å². The van der Waals surface area contributed by atoms with Crippen LogP contribution in [-0.2, 0) is 6.54 Å². The zero-order valence-electron chi connectivity index (χ0n) is 11.0. The average molecular weight is 315 g/mol. The molecule has 5 heteroatoms. The lowest BCUT2D eigenvalue weighted by Gasteiger charge is -2.20. The first-order valence-electron chi connectivity index (χ1n) is 6.06. The van der Waals surface area contributed by atoms with Gasteiger partial charge in [-0.3, -0.25) is 10.1 Å². The molecule has 1 atom stereocenters. The molecule has 100 valence electrons. The summed E-state index contributed by atoms with van der Waals surface area (Å²) in [4.78, 5) is 12.7. The summed E-state index contributed by atoms with van der Waals surface area (Å²) in [5.74, 6) is 0.632. The molecular weight excluding hydrogens is 296 g/mol. The van der Waals surface area contributed by atoms with Crippen molar-refractivity contribution in [3.05, 3.63) is 38.3 Å². The molecule has 0 N–H and O–H groups in total. The first-order chi connectivity index (χ1) is 8.45. The van der Waals surface area contributed by atoms with Gasteiger partial charge in [0.1, 0.15) is 0 Å². The molecule has 0 aliphatic heterocycles. The van der Waals surface area contributed by atoms with Crippen molar-refractivity contribution in [2.45, 2.75) is 26.8 Å². The zero-order valence-corrected chi connectivity index (χ0v) is 12.6. The topological polar surface area (TPSA) is 46.4 Å². The fourth-order valence-corrected chi connectivity index (χ4v) is 2.38. The Labute approximate surface area is 116 Å². The molecule has 0 aliphatic rings. The van der Waals surface area contributed by atoms with Crippen LogP contribution in [0.25, 0.3) is 0 Å². The highest BCUT2D eigenvalue weighted by atomic mass is 79.9. The number of nitro benzene ring substituents is 1. The quantitative estimate of drug-likeness (QED) is 0.592. The van der Waals surface area contributed by atoms with E-state index >= 15 is 0 Å². The van der Waals surface area contributed by atoms with Gasteiger partial charge in [0.2, 0.25) is 0 Å². The summed E-state index contributed by atoms with van der Waals surface area (Å²) >= 11 is 3.33. The maximum Gasteiger partial charge on any atom is 0.283 e. The predicted octanol–water partition coefficient (Wildman–Crippen LogP) is 3.84. The van der Waals surface area contributed by atoms with Gasteiger partial charge in [0.05, 0.1) is 9.40 Å². The van der Waals surface area contributed by atoms with Crippen LogP contribution in [0.4, 0.5) is 5.69 Å². The Morgan fingerprint density at radius 2 is 2.17 bits per heavy atom. The molecule has 1 aromatic rings. The van der Waals surface area contributed by atoms with Crippen LogP contribution in [0.1, 0.15) is 25.8 Å². The molecule has 0 aromatic heterocycles. The summed E-state index contributed by atoms with van der Waals surface area (Å²) in [6, 6.07) is 5.17. The Bertz CT molecular complexity index is 423. The van der Waals surface area contributed by atoms with Crippen molar-refractivity contribution in [2.24, 2.45) is 5.92 Å². The predicted molar refractivity (Wildman–Crippen MR) is 76.6 cm³/mol. The normalized spacial score (nSPS) is 12.7. The minimum atomic E-state index is -0.359. The van der Waals surface area contributed by atoms with Gasteiger partial charge in [-0.2, -0.15) is 0 Å². The van der Waals surface area contributed by atoms with E-state index in [1.165, 1.54) is 6.07 Å². The molecule has 0 radical (unpaired) electrons. The molecule has 1 unspecified atom stereocenters. The van der Waals surface area contributed by atoms with E-state index in [1.54, 1.807) is 6.07 Å². The summed E-state index contributed by atoms with van der Waals surface area (Å²) in [5.41, 5.74) is 1.08. The minimum Gasteiger partial charge on any atom is -0.302 e. The van der Waals surface area contributed by atoms with Gasteiger partial charge in [0.25, 0.3) is 5.69 Å². The first-order valence-corrected chi connectivity index (χ1v) is 6.85. The van der Waals surface area contributed by atoms with E-state index < -0.39 is 0 Å². The number of halogens is 1. The monoisotopic (exact) mass is 314 g/mol. The van der Waals surface area contributed by atoms with Crippen molar-refractivity contribution in [3.63, 3.8) is 0 Å². The molecule has 0 saturated carbocycles. The third-order valence-corrected chi connectivity index (χ3v) is 3.93. The number of rotatable bonds is 6. The van der Waals surface area contributed by atoms with Gasteiger partial charge in [-0.05, 0) is 34.5 Å². The van der Waals surface area contributed by atoms with Crippen LogP contribution in [0, 0.1) is 16.0 Å². The summed E-state index contributed by atoms with van der Waals surface area (Å²) in [5, 5.41) is 10.8. The van der Waals surface area contributed by atoms with Crippen molar-refractivity contribution >= 4 is 21.6 Å². The lowest BCUT2D eigenvalue weighted by molar-refractivity contribution is -0.385. The molecular formula is C13H19BrN2O2. The zero-order chi connectivity index (χ0) is 13.7. The highest BCUT2D eigenvalue weighted by Crippen LogP contribution is 2.29.